The van der Waals surface area contributed by atoms with Crippen molar-refractivity contribution in [1.82, 2.24) is 4.98 Å². The van der Waals surface area contributed by atoms with Crippen LogP contribution in [-0.2, 0) is 11.2 Å². The van der Waals surface area contributed by atoms with Crippen molar-refractivity contribution in [2.75, 3.05) is 12.4 Å². The second kappa shape index (κ2) is 9.18. The van der Waals surface area contributed by atoms with E-state index in [-0.39, 0.29) is 5.91 Å². The molecule has 1 aromatic heterocycles. The Kier molecular flexibility index (Phi) is 6.18. The van der Waals surface area contributed by atoms with Crippen molar-refractivity contribution in [3.8, 4) is 17.2 Å². The van der Waals surface area contributed by atoms with Crippen LogP contribution >= 0.6 is 15.9 Å². The number of ether oxygens (including phenoxy) is 1. The summed E-state index contributed by atoms with van der Waals surface area (Å²) in [6.45, 7) is 2.10. The van der Waals surface area contributed by atoms with Gasteiger partial charge in [-0.05, 0) is 88.1 Å². The van der Waals surface area contributed by atoms with E-state index >= 15 is 0 Å². The van der Waals surface area contributed by atoms with Gasteiger partial charge in [-0.3, -0.25) is 4.79 Å². The molecule has 3 aromatic carbocycles. The Balaban J connectivity index is 1.45. The summed E-state index contributed by atoms with van der Waals surface area (Å²) in [6, 6.07) is 19.0. The number of hydrogen-bond donors (Lipinski definition) is 1. The predicted molar refractivity (Wildman–Crippen MR) is 127 cm³/mol. The van der Waals surface area contributed by atoms with Gasteiger partial charge in [-0.15, -0.1) is 0 Å². The molecule has 1 amide bonds. The number of amides is 1. The highest BCUT2D eigenvalue weighted by atomic mass is 79.9. The van der Waals surface area contributed by atoms with Crippen molar-refractivity contribution >= 4 is 44.7 Å². The lowest BCUT2D eigenvalue weighted by Crippen LogP contribution is -2.07. The second-order valence-corrected chi connectivity index (χ2v) is 7.83. The molecule has 31 heavy (non-hydrogen) atoms. The van der Waals surface area contributed by atoms with Gasteiger partial charge < -0.3 is 14.5 Å². The molecular formula is C25H21BrN2O3. The van der Waals surface area contributed by atoms with Crippen LogP contribution in [0.3, 0.4) is 0 Å². The van der Waals surface area contributed by atoms with Gasteiger partial charge in [-0.1, -0.05) is 19.1 Å². The van der Waals surface area contributed by atoms with E-state index in [4.69, 9.17) is 9.15 Å². The van der Waals surface area contributed by atoms with Crippen LogP contribution in [0.25, 0.3) is 28.6 Å². The summed E-state index contributed by atoms with van der Waals surface area (Å²) in [5.41, 5.74) is 5.20. The maximum Gasteiger partial charge on any atom is 0.248 e. The molecule has 0 radical (unpaired) electrons. The Morgan fingerprint density at radius 3 is 2.55 bits per heavy atom. The van der Waals surface area contributed by atoms with Gasteiger partial charge in [0.1, 0.15) is 11.3 Å². The number of aryl methyl sites for hydroxylation is 1. The topological polar surface area (TPSA) is 64.4 Å². The Bertz CT molecular complexity index is 1240. The maximum atomic E-state index is 12.2. The van der Waals surface area contributed by atoms with Crippen molar-refractivity contribution in [2.45, 2.75) is 13.3 Å². The molecule has 0 bridgehead atoms. The van der Waals surface area contributed by atoms with Gasteiger partial charge >= 0.3 is 0 Å². The van der Waals surface area contributed by atoms with E-state index < -0.39 is 0 Å². The SMILES string of the molecule is CCc1cc(Br)c2oc(-c3ccc(NC(=O)/C=C/c4ccc(OC)cc4)cc3)nc2c1. The van der Waals surface area contributed by atoms with E-state index in [9.17, 15) is 4.79 Å². The van der Waals surface area contributed by atoms with E-state index in [2.05, 4.69) is 39.2 Å². The average molecular weight is 477 g/mol. The van der Waals surface area contributed by atoms with Gasteiger partial charge in [-0.2, -0.15) is 0 Å². The van der Waals surface area contributed by atoms with Gasteiger partial charge in [0.2, 0.25) is 11.8 Å². The van der Waals surface area contributed by atoms with Crippen LogP contribution in [0.1, 0.15) is 18.1 Å². The number of carbonyl (C=O) groups is 1. The fourth-order valence-electron chi connectivity index (χ4n) is 3.14. The average Bonchev–Trinajstić information content (AvgIpc) is 3.23. The Morgan fingerprint density at radius 2 is 1.87 bits per heavy atom. The number of aromatic nitrogens is 1. The number of halogens is 1. The smallest absolute Gasteiger partial charge is 0.248 e. The number of hydrogen-bond acceptors (Lipinski definition) is 4. The summed E-state index contributed by atoms with van der Waals surface area (Å²) in [4.78, 5) is 16.8. The van der Waals surface area contributed by atoms with Crippen LogP contribution < -0.4 is 10.1 Å². The van der Waals surface area contributed by atoms with Gasteiger partial charge in [-0.25, -0.2) is 4.98 Å². The highest BCUT2D eigenvalue weighted by Crippen LogP contribution is 2.31. The standard InChI is InChI=1S/C25H21BrN2O3/c1-3-16-14-21(26)24-22(15-16)28-25(31-24)18-7-9-19(10-8-18)27-23(29)13-6-17-4-11-20(30-2)12-5-17/h4-15H,3H2,1-2H3,(H,27,29)/b13-6+. The van der Waals surface area contributed by atoms with Crippen LogP contribution in [-0.4, -0.2) is 18.0 Å². The fraction of sp³-hybridized carbons (Fsp3) is 0.120. The highest BCUT2D eigenvalue weighted by Gasteiger charge is 2.12. The minimum absolute atomic E-state index is 0.207. The summed E-state index contributed by atoms with van der Waals surface area (Å²) >= 11 is 3.56. The molecular weight excluding hydrogens is 456 g/mol. The van der Waals surface area contributed by atoms with Crippen LogP contribution in [0, 0.1) is 0 Å². The number of fused-ring (bicyclic) bond motifs is 1. The van der Waals surface area contributed by atoms with E-state index in [0.717, 1.165) is 38.9 Å². The van der Waals surface area contributed by atoms with Crippen LogP contribution in [0.15, 0.2) is 75.6 Å². The lowest BCUT2D eigenvalue weighted by Gasteiger charge is -2.03. The molecule has 4 rings (SSSR count). The molecule has 0 aliphatic rings. The zero-order valence-electron chi connectivity index (χ0n) is 17.2. The number of anilines is 1. The number of rotatable bonds is 6. The summed E-state index contributed by atoms with van der Waals surface area (Å²) in [6.07, 6.45) is 4.18. The number of methoxy groups -OCH3 is 1. The third kappa shape index (κ3) is 4.86. The summed E-state index contributed by atoms with van der Waals surface area (Å²) < 4.78 is 12.0. The number of carbonyl (C=O) groups excluding carboxylic acids is 1. The molecule has 0 spiro atoms. The van der Waals surface area contributed by atoms with Crippen molar-refractivity contribution < 1.29 is 13.9 Å². The molecule has 0 aliphatic carbocycles. The minimum atomic E-state index is -0.207. The molecule has 1 N–H and O–H groups in total. The van der Waals surface area contributed by atoms with E-state index in [1.807, 2.05) is 54.6 Å². The first-order valence-electron chi connectivity index (χ1n) is 9.88. The van der Waals surface area contributed by atoms with Gasteiger partial charge in [0.05, 0.1) is 11.6 Å². The first kappa shape index (κ1) is 20.9. The zero-order valence-corrected chi connectivity index (χ0v) is 18.8. The minimum Gasteiger partial charge on any atom is -0.497 e. The molecule has 1 heterocycles. The molecule has 0 saturated heterocycles. The number of benzene rings is 3. The number of nitrogens with one attached hydrogen (secondary N) is 1. The van der Waals surface area contributed by atoms with Crippen molar-refractivity contribution in [3.63, 3.8) is 0 Å². The first-order valence-corrected chi connectivity index (χ1v) is 10.7. The van der Waals surface area contributed by atoms with Crippen LogP contribution in [0.4, 0.5) is 5.69 Å². The molecule has 0 aliphatic heterocycles. The molecule has 5 nitrogen and oxygen atoms in total. The fourth-order valence-corrected chi connectivity index (χ4v) is 3.72. The largest absolute Gasteiger partial charge is 0.497 e. The third-order valence-corrected chi connectivity index (χ3v) is 5.44. The molecule has 0 unspecified atom stereocenters. The molecule has 0 saturated carbocycles. The molecule has 4 aromatic rings. The third-order valence-electron chi connectivity index (χ3n) is 4.86. The summed E-state index contributed by atoms with van der Waals surface area (Å²) in [7, 11) is 1.62. The first-order chi connectivity index (χ1) is 15.1. The van der Waals surface area contributed by atoms with Crippen LogP contribution in [0.2, 0.25) is 0 Å². The highest BCUT2D eigenvalue weighted by molar-refractivity contribution is 9.10. The summed E-state index contributed by atoms with van der Waals surface area (Å²) in [5.74, 6) is 1.11. The lowest BCUT2D eigenvalue weighted by molar-refractivity contribution is -0.111. The van der Waals surface area contributed by atoms with Crippen molar-refractivity contribution in [2.24, 2.45) is 0 Å². The van der Waals surface area contributed by atoms with E-state index in [1.54, 1.807) is 13.2 Å². The van der Waals surface area contributed by atoms with E-state index in [1.165, 1.54) is 11.6 Å². The molecule has 6 heteroatoms. The maximum absolute atomic E-state index is 12.2. The molecule has 156 valence electrons. The molecule has 0 atom stereocenters. The normalized spacial score (nSPS) is 11.2. The van der Waals surface area contributed by atoms with Gasteiger partial charge in [0.25, 0.3) is 0 Å². The Morgan fingerprint density at radius 1 is 1.13 bits per heavy atom. The quantitative estimate of drug-likeness (QED) is 0.323. The van der Waals surface area contributed by atoms with Gasteiger partial charge in [0.15, 0.2) is 5.58 Å². The Labute approximate surface area is 188 Å². The zero-order chi connectivity index (χ0) is 21.8. The van der Waals surface area contributed by atoms with E-state index in [0.29, 0.717) is 11.6 Å². The number of nitrogens with zero attached hydrogens (tertiary/aromatic N) is 1. The van der Waals surface area contributed by atoms with Crippen molar-refractivity contribution in [3.05, 3.63) is 82.3 Å². The van der Waals surface area contributed by atoms with Crippen LogP contribution in [0.5, 0.6) is 5.75 Å². The lowest BCUT2D eigenvalue weighted by atomic mass is 10.1. The van der Waals surface area contributed by atoms with Gasteiger partial charge in [0, 0.05) is 17.3 Å². The molecule has 0 fully saturated rings. The predicted octanol–water partition coefficient (Wildman–Crippen LogP) is 6.48. The monoisotopic (exact) mass is 476 g/mol. The van der Waals surface area contributed by atoms with Crippen molar-refractivity contribution in [1.29, 1.82) is 0 Å². The Hall–Kier alpha value is -3.38. The summed E-state index contributed by atoms with van der Waals surface area (Å²) in [5, 5.41) is 2.86. The second-order valence-electron chi connectivity index (χ2n) is 6.97. The number of oxazole rings is 1.